The fourth-order valence-corrected chi connectivity index (χ4v) is 1.56. The molecule has 3 nitrogen and oxygen atoms in total. The normalized spacial score (nSPS) is 10.8. The van der Waals surface area contributed by atoms with Crippen LogP contribution in [0.1, 0.15) is 42.6 Å². The molecule has 0 aliphatic heterocycles. The first kappa shape index (κ1) is 15.9. The second kappa shape index (κ2) is 6.62. The zero-order valence-electron chi connectivity index (χ0n) is 10.2. The van der Waals surface area contributed by atoms with Crippen LogP contribution in [0.3, 0.4) is 0 Å². The summed E-state index contributed by atoms with van der Waals surface area (Å²) >= 11 is 0. The van der Waals surface area contributed by atoms with Gasteiger partial charge < -0.3 is 15.6 Å². The summed E-state index contributed by atoms with van der Waals surface area (Å²) in [7, 11) is 0. The van der Waals surface area contributed by atoms with Crippen molar-refractivity contribution in [1.82, 2.24) is 0 Å². The summed E-state index contributed by atoms with van der Waals surface area (Å²) in [6.45, 7) is 4.01. The number of benzene rings is 1. The zero-order chi connectivity index (χ0) is 12.2. The van der Waals surface area contributed by atoms with Crippen molar-refractivity contribution in [1.29, 1.82) is 0 Å². The minimum Gasteiger partial charge on any atom is -0.545 e. The van der Waals surface area contributed by atoms with E-state index in [4.69, 9.17) is 5.73 Å². The summed E-state index contributed by atoms with van der Waals surface area (Å²) in [5.74, 6) is -1.13. The lowest BCUT2D eigenvalue weighted by Gasteiger charge is -2.17. The van der Waals surface area contributed by atoms with Crippen LogP contribution < -0.4 is 10.8 Å². The van der Waals surface area contributed by atoms with Gasteiger partial charge in [-0.25, -0.2) is 0 Å². The van der Waals surface area contributed by atoms with Crippen LogP contribution >= 0.6 is 12.4 Å². The van der Waals surface area contributed by atoms with Crippen LogP contribution in [0.4, 0.5) is 0 Å². The Balaban J connectivity index is 0.00000256. The maximum absolute atomic E-state index is 10.5. The first-order chi connectivity index (χ1) is 7.38. The summed E-state index contributed by atoms with van der Waals surface area (Å²) in [6, 6.07) is 6.82. The molecule has 0 unspecified atom stereocenters. The van der Waals surface area contributed by atoms with Crippen molar-refractivity contribution in [3.05, 3.63) is 35.4 Å². The molecule has 0 saturated heterocycles. The minimum atomic E-state index is -1.13. The molecule has 0 aliphatic rings. The molecule has 1 aromatic rings. The third kappa shape index (κ3) is 6.29. The molecule has 0 fully saturated rings. The van der Waals surface area contributed by atoms with Gasteiger partial charge in [0.25, 0.3) is 0 Å². The van der Waals surface area contributed by atoms with Gasteiger partial charge in [-0.1, -0.05) is 24.3 Å². The smallest absolute Gasteiger partial charge is 0.0715 e. The Labute approximate surface area is 108 Å². The predicted octanol–water partition coefficient (Wildman–Crippen LogP) is 1.53. The van der Waals surface area contributed by atoms with Crippen LogP contribution in [-0.4, -0.2) is 11.5 Å². The van der Waals surface area contributed by atoms with E-state index in [1.54, 1.807) is 12.1 Å². The van der Waals surface area contributed by atoms with Crippen LogP contribution in [0, 0.1) is 0 Å². The van der Waals surface area contributed by atoms with Gasteiger partial charge in [0.15, 0.2) is 0 Å². The predicted molar refractivity (Wildman–Crippen MR) is 69.2 cm³/mol. The summed E-state index contributed by atoms with van der Waals surface area (Å²) in [4.78, 5) is 10.5. The Kier molecular flexibility index (Phi) is 6.21. The summed E-state index contributed by atoms with van der Waals surface area (Å²) in [5, 5.41) is 10.5. The number of carboxylic acid groups (broad SMARTS) is 1. The molecule has 0 radical (unpaired) electrons. The molecule has 0 aromatic heterocycles. The minimum absolute atomic E-state index is 0. The molecule has 17 heavy (non-hydrogen) atoms. The third-order valence-electron chi connectivity index (χ3n) is 2.48. The SMILES string of the molecule is CC(C)(N)CCCc1ccc(C(=O)[O-])cc1.Cl. The maximum Gasteiger partial charge on any atom is 0.0715 e. The fourth-order valence-electron chi connectivity index (χ4n) is 1.56. The molecule has 0 amide bonds. The number of hydrogen-bond donors (Lipinski definition) is 1. The summed E-state index contributed by atoms with van der Waals surface area (Å²) in [6.07, 6.45) is 2.89. The van der Waals surface area contributed by atoms with E-state index in [0.717, 1.165) is 24.8 Å². The highest BCUT2D eigenvalue weighted by Crippen LogP contribution is 2.12. The number of carboxylic acids is 1. The van der Waals surface area contributed by atoms with Crippen LogP contribution in [0.5, 0.6) is 0 Å². The number of rotatable bonds is 5. The van der Waals surface area contributed by atoms with Crippen LogP contribution in [-0.2, 0) is 6.42 Å². The lowest BCUT2D eigenvalue weighted by Crippen LogP contribution is -2.31. The van der Waals surface area contributed by atoms with Crippen molar-refractivity contribution >= 4 is 18.4 Å². The van der Waals surface area contributed by atoms with Gasteiger partial charge in [-0.2, -0.15) is 0 Å². The lowest BCUT2D eigenvalue weighted by molar-refractivity contribution is -0.255. The van der Waals surface area contributed by atoms with E-state index in [0.29, 0.717) is 0 Å². The van der Waals surface area contributed by atoms with Gasteiger partial charge in [0.1, 0.15) is 0 Å². The van der Waals surface area contributed by atoms with Gasteiger partial charge in [-0.15, -0.1) is 12.4 Å². The lowest BCUT2D eigenvalue weighted by atomic mass is 9.96. The van der Waals surface area contributed by atoms with Crippen LogP contribution in [0.15, 0.2) is 24.3 Å². The average molecular weight is 257 g/mol. The van der Waals surface area contributed by atoms with E-state index in [1.165, 1.54) is 0 Å². The van der Waals surface area contributed by atoms with E-state index in [1.807, 2.05) is 26.0 Å². The number of aryl methyl sites for hydroxylation is 1. The Hall–Kier alpha value is -1.06. The first-order valence-electron chi connectivity index (χ1n) is 5.48. The molecule has 4 heteroatoms. The highest BCUT2D eigenvalue weighted by Gasteiger charge is 2.09. The molecule has 0 bridgehead atoms. The van der Waals surface area contributed by atoms with Crippen molar-refractivity contribution in [2.24, 2.45) is 5.73 Å². The Morgan fingerprint density at radius 2 is 1.82 bits per heavy atom. The van der Waals surface area contributed by atoms with Gasteiger partial charge in [-0.05, 0) is 44.2 Å². The Bertz CT molecular complexity index is 355. The molecule has 0 atom stereocenters. The highest BCUT2D eigenvalue weighted by atomic mass is 35.5. The second-order valence-electron chi connectivity index (χ2n) is 4.83. The highest BCUT2D eigenvalue weighted by molar-refractivity contribution is 5.85. The summed E-state index contributed by atoms with van der Waals surface area (Å²) < 4.78 is 0. The number of aromatic carboxylic acids is 1. The molecule has 1 aromatic carbocycles. The molecule has 2 N–H and O–H groups in total. The van der Waals surface area contributed by atoms with Crippen molar-refractivity contribution in [2.45, 2.75) is 38.6 Å². The number of hydrogen-bond acceptors (Lipinski definition) is 3. The molecular weight excluding hydrogens is 238 g/mol. The quantitative estimate of drug-likeness (QED) is 0.869. The standard InChI is InChI=1S/C13H19NO2.ClH/c1-13(2,14)9-3-4-10-5-7-11(8-6-10)12(15)16;/h5-8H,3-4,9,14H2,1-2H3,(H,15,16);1H/p-1. The molecule has 1 rings (SSSR count). The van der Waals surface area contributed by atoms with Crippen molar-refractivity contribution in [2.75, 3.05) is 0 Å². The van der Waals surface area contributed by atoms with Crippen molar-refractivity contribution in [3.63, 3.8) is 0 Å². The topological polar surface area (TPSA) is 66.2 Å². The van der Waals surface area contributed by atoms with E-state index < -0.39 is 5.97 Å². The van der Waals surface area contributed by atoms with Gasteiger partial charge in [-0.3, -0.25) is 0 Å². The van der Waals surface area contributed by atoms with Crippen molar-refractivity contribution < 1.29 is 9.90 Å². The largest absolute Gasteiger partial charge is 0.545 e. The Morgan fingerprint density at radius 3 is 2.24 bits per heavy atom. The van der Waals surface area contributed by atoms with E-state index in [9.17, 15) is 9.90 Å². The van der Waals surface area contributed by atoms with Crippen LogP contribution in [0.25, 0.3) is 0 Å². The van der Waals surface area contributed by atoms with Crippen molar-refractivity contribution in [3.8, 4) is 0 Å². The van der Waals surface area contributed by atoms with Gasteiger partial charge >= 0.3 is 0 Å². The first-order valence-corrected chi connectivity index (χ1v) is 5.48. The Morgan fingerprint density at radius 1 is 1.29 bits per heavy atom. The average Bonchev–Trinajstić information content (AvgIpc) is 2.16. The van der Waals surface area contributed by atoms with E-state index in [2.05, 4.69) is 0 Å². The number of nitrogens with two attached hydrogens (primary N) is 1. The third-order valence-corrected chi connectivity index (χ3v) is 2.48. The molecule has 0 saturated carbocycles. The molecule has 0 heterocycles. The van der Waals surface area contributed by atoms with Crippen LogP contribution in [0.2, 0.25) is 0 Å². The van der Waals surface area contributed by atoms with Gasteiger partial charge in [0, 0.05) is 5.54 Å². The monoisotopic (exact) mass is 256 g/mol. The maximum atomic E-state index is 10.5. The number of halogens is 1. The van der Waals surface area contributed by atoms with E-state index in [-0.39, 0.29) is 23.5 Å². The van der Waals surface area contributed by atoms with Gasteiger partial charge in [0.2, 0.25) is 0 Å². The fraction of sp³-hybridized carbons (Fsp3) is 0.462. The van der Waals surface area contributed by atoms with E-state index >= 15 is 0 Å². The van der Waals surface area contributed by atoms with Gasteiger partial charge in [0.05, 0.1) is 5.97 Å². The molecule has 0 aliphatic carbocycles. The number of carbonyl (C=O) groups is 1. The second-order valence-corrected chi connectivity index (χ2v) is 4.83. The molecule has 96 valence electrons. The molecule has 0 spiro atoms. The molecular formula is C13H19ClNO2-. The number of carbonyl (C=O) groups excluding carboxylic acids is 1. The zero-order valence-corrected chi connectivity index (χ0v) is 11.0. The summed E-state index contributed by atoms with van der Waals surface area (Å²) in [5.41, 5.74) is 7.10.